The predicted molar refractivity (Wildman–Crippen MR) is 113 cm³/mol. The summed E-state index contributed by atoms with van der Waals surface area (Å²) >= 11 is 0. The highest BCUT2D eigenvalue weighted by atomic mass is 19.1. The molecule has 168 valence electrons. The number of fused-ring (bicyclic) bond motifs is 1. The summed E-state index contributed by atoms with van der Waals surface area (Å²) in [5.74, 6) is -1.10. The van der Waals surface area contributed by atoms with Gasteiger partial charge >= 0.3 is 6.09 Å². The lowest BCUT2D eigenvalue weighted by Crippen LogP contribution is -2.43. The lowest BCUT2D eigenvalue weighted by Gasteiger charge is -2.22. The number of ether oxygens (including phenoxy) is 1. The van der Waals surface area contributed by atoms with Crippen molar-refractivity contribution in [3.05, 3.63) is 47.8 Å². The molecule has 0 aromatic heterocycles. The molecule has 31 heavy (non-hydrogen) atoms. The zero-order chi connectivity index (χ0) is 22.4. The van der Waals surface area contributed by atoms with Crippen molar-refractivity contribution in [1.82, 2.24) is 9.80 Å². The topological polar surface area (TPSA) is 92.9 Å². The minimum Gasteiger partial charge on any atom is -0.444 e. The first kappa shape index (κ1) is 22.8. The third-order valence-electron chi connectivity index (χ3n) is 5.91. The molecule has 1 saturated heterocycles. The summed E-state index contributed by atoms with van der Waals surface area (Å²) < 4.78 is 19.5. The molecule has 0 radical (unpaired) electrons. The van der Waals surface area contributed by atoms with Gasteiger partial charge in [-0.2, -0.15) is 0 Å². The van der Waals surface area contributed by atoms with Gasteiger partial charge in [-0.25, -0.2) is 9.18 Å². The van der Waals surface area contributed by atoms with Gasteiger partial charge in [0.05, 0.1) is 13.1 Å². The molecule has 3 amide bonds. The molecule has 2 N–H and O–H groups in total. The fraction of sp³-hybridized carbons (Fsp3) is 0.522. The number of unbranched alkanes of at least 4 members (excludes halogenated alkanes) is 4. The molecule has 2 aliphatic rings. The number of hydrogen-bond acceptors (Lipinski definition) is 4. The van der Waals surface area contributed by atoms with E-state index in [4.69, 9.17) is 10.5 Å². The number of nitrogens with zero attached hydrogens (tertiary/aromatic N) is 2. The third-order valence-corrected chi connectivity index (χ3v) is 5.91. The van der Waals surface area contributed by atoms with Crippen LogP contribution in [0.25, 0.3) is 0 Å². The molecule has 2 atom stereocenters. The molecule has 0 spiro atoms. The molecule has 7 nitrogen and oxygen atoms in total. The highest BCUT2D eigenvalue weighted by Crippen LogP contribution is 2.28. The Hall–Kier alpha value is -2.90. The molecular weight excluding hydrogens is 401 g/mol. The molecule has 0 bridgehead atoms. The highest BCUT2D eigenvalue weighted by molar-refractivity contribution is 5.87. The number of likely N-dealkylation sites (tertiary alicyclic amines) is 1. The summed E-state index contributed by atoms with van der Waals surface area (Å²) in [4.78, 5) is 39.9. The number of rotatable bonds is 9. The van der Waals surface area contributed by atoms with E-state index in [0.29, 0.717) is 12.0 Å². The van der Waals surface area contributed by atoms with Gasteiger partial charge in [-0.1, -0.05) is 31.1 Å². The first-order valence-electron chi connectivity index (χ1n) is 10.8. The van der Waals surface area contributed by atoms with Crippen LogP contribution in [0, 0.1) is 5.82 Å². The minimum atomic E-state index is -0.778. The zero-order valence-electron chi connectivity index (χ0n) is 17.7. The van der Waals surface area contributed by atoms with Crippen LogP contribution in [0.15, 0.2) is 30.9 Å². The van der Waals surface area contributed by atoms with Crippen LogP contribution in [0.3, 0.4) is 0 Å². The quantitative estimate of drug-likeness (QED) is 0.480. The summed E-state index contributed by atoms with van der Waals surface area (Å²) in [6.45, 7) is 4.24. The SMILES string of the molecule is C=CCCCCCCC(=O)N1C[C@H](OC(=O)N2Cc3cccc(F)c3C2)C[C@H]1C(N)=O. The van der Waals surface area contributed by atoms with Crippen molar-refractivity contribution < 1.29 is 23.5 Å². The maximum Gasteiger partial charge on any atom is 0.410 e. The fourth-order valence-corrected chi connectivity index (χ4v) is 4.22. The average molecular weight is 432 g/mol. The van der Waals surface area contributed by atoms with Crippen LogP contribution >= 0.6 is 0 Å². The summed E-state index contributed by atoms with van der Waals surface area (Å²) in [6, 6.07) is 3.98. The van der Waals surface area contributed by atoms with E-state index in [1.165, 1.54) is 15.9 Å². The van der Waals surface area contributed by atoms with Gasteiger partial charge in [-0.15, -0.1) is 6.58 Å². The summed E-state index contributed by atoms with van der Waals surface area (Å²) in [6.07, 6.45) is 5.90. The van der Waals surface area contributed by atoms with Gasteiger partial charge in [0, 0.05) is 24.9 Å². The van der Waals surface area contributed by atoms with Crippen molar-refractivity contribution in [2.75, 3.05) is 6.54 Å². The van der Waals surface area contributed by atoms with Crippen LogP contribution in [-0.4, -0.2) is 46.4 Å². The zero-order valence-corrected chi connectivity index (χ0v) is 17.7. The van der Waals surface area contributed by atoms with Crippen LogP contribution in [0.5, 0.6) is 0 Å². The Labute approximate surface area is 182 Å². The Morgan fingerprint density at radius 2 is 1.97 bits per heavy atom. The van der Waals surface area contributed by atoms with Gasteiger partial charge in [0.1, 0.15) is 18.0 Å². The lowest BCUT2D eigenvalue weighted by molar-refractivity contribution is -0.137. The van der Waals surface area contributed by atoms with Crippen LogP contribution in [0.2, 0.25) is 0 Å². The summed E-state index contributed by atoms with van der Waals surface area (Å²) in [5, 5.41) is 0. The van der Waals surface area contributed by atoms with Crippen molar-refractivity contribution in [3.63, 3.8) is 0 Å². The smallest absolute Gasteiger partial charge is 0.410 e. The first-order chi connectivity index (χ1) is 14.9. The van der Waals surface area contributed by atoms with Crippen molar-refractivity contribution in [3.8, 4) is 0 Å². The molecule has 1 aromatic carbocycles. The number of allylic oxidation sites excluding steroid dienone is 1. The Morgan fingerprint density at radius 1 is 1.19 bits per heavy atom. The van der Waals surface area contributed by atoms with E-state index in [0.717, 1.165) is 37.7 Å². The standard InChI is InChI=1S/C23H30FN3O4/c1-2-3-4-5-6-7-11-21(28)27-14-17(12-20(27)22(25)29)31-23(30)26-13-16-9-8-10-19(24)18(16)15-26/h2,8-10,17,20H,1,3-7,11-15H2,(H2,25,29)/t17-,20+/m1/s1. The molecule has 0 unspecified atom stereocenters. The number of halogens is 1. The maximum absolute atomic E-state index is 13.9. The van der Waals surface area contributed by atoms with Crippen molar-refractivity contribution in [2.45, 2.75) is 70.2 Å². The van der Waals surface area contributed by atoms with E-state index in [1.54, 1.807) is 12.1 Å². The van der Waals surface area contributed by atoms with Gasteiger partial charge in [0.2, 0.25) is 11.8 Å². The maximum atomic E-state index is 13.9. The number of carbonyl (C=O) groups excluding carboxylic acids is 3. The highest BCUT2D eigenvalue weighted by Gasteiger charge is 2.41. The van der Waals surface area contributed by atoms with E-state index in [2.05, 4.69) is 6.58 Å². The fourth-order valence-electron chi connectivity index (χ4n) is 4.22. The van der Waals surface area contributed by atoms with Crippen molar-refractivity contribution in [1.29, 1.82) is 0 Å². The Kier molecular flexibility index (Phi) is 7.65. The van der Waals surface area contributed by atoms with Crippen LogP contribution in [0.1, 0.15) is 56.1 Å². The van der Waals surface area contributed by atoms with E-state index in [-0.39, 0.29) is 37.8 Å². The molecule has 3 rings (SSSR count). The van der Waals surface area contributed by atoms with Gasteiger partial charge in [-0.3, -0.25) is 14.5 Å². The second-order valence-corrected chi connectivity index (χ2v) is 8.18. The second kappa shape index (κ2) is 10.4. The molecule has 1 fully saturated rings. The first-order valence-corrected chi connectivity index (χ1v) is 10.8. The predicted octanol–water partition coefficient (Wildman–Crippen LogP) is 3.26. The molecule has 0 saturated carbocycles. The van der Waals surface area contributed by atoms with Gasteiger partial charge < -0.3 is 15.4 Å². The molecule has 1 aromatic rings. The second-order valence-electron chi connectivity index (χ2n) is 8.18. The molecule has 0 aliphatic carbocycles. The van der Waals surface area contributed by atoms with Crippen molar-refractivity contribution in [2.24, 2.45) is 5.73 Å². The monoisotopic (exact) mass is 431 g/mol. The number of benzene rings is 1. The third kappa shape index (κ3) is 5.62. The molecule has 8 heteroatoms. The molecular formula is C23H30FN3O4. The van der Waals surface area contributed by atoms with Gasteiger partial charge in [-0.05, 0) is 30.9 Å². The van der Waals surface area contributed by atoms with Crippen LogP contribution in [0.4, 0.5) is 9.18 Å². The molecule has 2 aliphatic heterocycles. The number of carbonyl (C=O) groups is 3. The summed E-state index contributed by atoms with van der Waals surface area (Å²) in [7, 11) is 0. The summed E-state index contributed by atoms with van der Waals surface area (Å²) in [5.41, 5.74) is 6.73. The normalized spacial score (nSPS) is 19.9. The minimum absolute atomic E-state index is 0.140. The van der Waals surface area contributed by atoms with Gasteiger partial charge in [0.25, 0.3) is 0 Å². The Morgan fingerprint density at radius 3 is 2.68 bits per heavy atom. The largest absolute Gasteiger partial charge is 0.444 e. The van der Waals surface area contributed by atoms with Crippen LogP contribution < -0.4 is 5.73 Å². The lowest BCUT2D eigenvalue weighted by atomic mass is 10.1. The van der Waals surface area contributed by atoms with E-state index >= 15 is 0 Å². The van der Waals surface area contributed by atoms with E-state index in [9.17, 15) is 18.8 Å². The van der Waals surface area contributed by atoms with Crippen molar-refractivity contribution >= 4 is 17.9 Å². The Bertz CT molecular complexity index is 844. The number of nitrogens with two attached hydrogens (primary N) is 1. The number of primary amides is 1. The van der Waals surface area contributed by atoms with Crippen LogP contribution in [-0.2, 0) is 27.4 Å². The molecule has 2 heterocycles. The average Bonchev–Trinajstić information content (AvgIpc) is 3.36. The number of amides is 3. The number of hydrogen-bond donors (Lipinski definition) is 1. The van der Waals surface area contributed by atoms with E-state index < -0.39 is 24.1 Å². The van der Waals surface area contributed by atoms with Gasteiger partial charge in [0.15, 0.2) is 0 Å². The van der Waals surface area contributed by atoms with E-state index in [1.807, 2.05) is 6.08 Å². The Balaban J connectivity index is 1.51.